The molecule has 98 valence electrons. The van der Waals surface area contributed by atoms with Crippen molar-refractivity contribution in [1.29, 1.82) is 0 Å². The second kappa shape index (κ2) is 6.29. The number of aryl methyl sites for hydroxylation is 2. The molecule has 2 aromatic rings. The van der Waals surface area contributed by atoms with Crippen molar-refractivity contribution in [2.75, 3.05) is 0 Å². The predicted octanol–water partition coefficient (Wildman–Crippen LogP) is 3.38. The number of nitrogens with zero attached hydrogens (tertiary/aromatic N) is 1. The molecule has 0 aliphatic carbocycles. The molecule has 0 spiro atoms. The lowest BCUT2D eigenvalue weighted by molar-refractivity contribution is 0.0954. The van der Waals surface area contributed by atoms with Crippen molar-refractivity contribution in [2.45, 2.75) is 20.3 Å². The quantitative estimate of drug-likeness (QED) is 0.673. The van der Waals surface area contributed by atoms with E-state index >= 15 is 0 Å². The van der Waals surface area contributed by atoms with Gasteiger partial charge in [-0.3, -0.25) is 4.79 Å². The molecule has 1 aromatic heterocycles. The maximum absolute atomic E-state index is 11.9. The van der Waals surface area contributed by atoms with Crippen LogP contribution >= 0.6 is 11.3 Å². The van der Waals surface area contributed by atoms with Gasteiger partial charge in [-0.15, -0.1) is 11.3 Å². The standard InChI is InChI=1S/C15H16N2OS/c1-3-12-8-9-13(19-12)10-16-17-15(18)14-7-5-4-6-11(14)2/h4-10H,3H2,1-2H3,(H,17,18). The molecule has 0 aliphatic heterocycles. The third kappa shape index (κ3) is 3.51. The van der Waals surface area contributed by atoms with Gasteiger partial charge < -0.3 is 0 Å². The molecule has 1 N–H and O–H groups in total. The van der Waals surface area contributed by atoms with E-state index in [0.717, 1.165) is 16.9 Å². The first-order chi connectivity index (χ1) is 9.20. The van der Waals surface area contributed by atoms with Crippen molar-refractivity contribution in [2.24, 2.45) is 5.10 Å². The summed E-state index contributed by atoms with van der Waals surface area (Å²) in [5, 5.41) is 3.99. The number of amides is 1. The number of thiophene rings is 1. The first-order valence-corrected chi connectivity index (χ1v) is 7.00. The summed E-state index contributed by atoms with van der Waals surface area (Å²) in [5.41, 5.74) is 4.15. The second-order valence-corrected chi connectivity index (χ2v) is 5.37. The van der Waals surface area contributed by atoms with Gasteiger partial charge in [-0.2, -0.15) is 5.10 Å². The number of hydrazone groups is 1. The lowest BCUT2D eigenvalue weighted by Crippen LogP contribution is -2.18. The fourth-order valence-corrected chi connectivity index (χ4v) is 2.52. The van der Waals surface area contributed by atoms with E-state index in [4.69, 9.17) is 0 Å². The molecule has 0 radical (unpaired) electrons. The number of hydrogen-bond acceptors (Lipinski definition) is 3. The van der Waals surface area contributed by atoms with Crippen LogP contribution in [-0.2, 0) is 6.42 Å². The van der Waals surface area contributed by atoms with Crippen LogP contribution in [0.2, 0.25) is 0 Å². The van der Waals surface area contributed by atoms with Crippen LogP contribution < -0.4 is 5.43 Å². The van der Waals surface area contributed by atoms with Crippen LogP contribution in [0.15, 0.2) is 41.5 Å². The molecule has 0 atom stereocenters. The molecule has 1 aromatic carbocycles. The minimum absolute atomic E-state index is 0.179. The zero-order valence-corrected chi connectivity index (χ0v) is 11.8. The Morgan fingerprint density at radius 2 is 2.11 bits per heavy atom. The molecule has 0 fully saturated rings. The molecular weight excluding hydrogens is 256 g/mol. The molecule has 0 unspecified atom stereocenters. The molecular formula is C15H16N2OS. The zero-order valence-electron chi connectivity index (χ0n) is 11.0. The fraction of sp³-hybridized carbons (Fsp3) is 0.200. The van der Waals surface area contributed by atoms with Crippen LogP contribution in [0.4, 0.5) is 0 Å². The second-order valence-electron chi connectivity index (χ2n) is 4.17. The first kappa shape index (κ1) is 13.5. The monoisotopic (exact) mass is 272 g/mol. The van der Waals surface area contributed by atoms with Gasteiger partial charge in [0, 0.05) is 15.3 Å². The summed E-state index contributed by atoms with van der Waals surface area (Å²) in [7, 11) is 0. The normalized spacial score (nSPS) is 10.8. The average Bonchev–Trinajstić information content (AvgIpc) is 2.87. The van der Waals surface area contributed by atoms with Crippen molar-refractivity contribution in [3.63, 3.8) is 0 Å². The molecule has 0 saturated carbocycles. The van der Waals surface area contributed by atoms with E-state index < -0.39 is 0 Å². The Hall–Kier alpha value is -1.94. The molecule has 3 nitrogen and oxygen atoms in total. The van der Waals surface area contributed by atoms with Crippen LogP contribution in [0.1, 0.15) is 32.6 Å². The van der Waals surface area contributed by atoms with Crippen LogP contribution in [-0.4, -0.2) is 12.1 Å². The van der Waals surface area contributed by atoms with Gasteiger partial charge in [0.25, 0.3) is 5.91 Å². The van der Waals surface area contributed by atoms with Crippen LogP contribution in [0.3, 0.4) is 0 Å². The topological polar surface area (TPSA) is 41.5 Å². The van der Waals surface area contributed by atoms with E-state index in [1.54, 1.807) is 23.6 Å². The summed E-state index contributed by atoms with van der Waals surface area (Å²) in [6.07, 6.45) is 2.70. The molecule has 0 aliphatic rings. The van der Waals surface area contributed by atoms with Gasteiger partial charge >= 0.3 is 0 Å². The summed E-state index contributed by atoms with van der Waals surface area (Å²) >= 11 is 1.68. The Bertz CT molecular complexity index is 602. The smallest absolute Gasteiger partial charge is 0.267 e. The molecule has 19 heavy (non-hydrogen) atoms. The largest absolute Gasteiger partial charge is 0.271 e. The van der Waals surface area contributed by atoms with Crippen molar-refractivity contribution in [3.05, 3.63) is 57.3 Å². The van der Waals surface area contributed by atoms with Crippen molar-refractivity contribution >= 4 is 23.5 Å². The highest BCUT2D eigenvalue weighted by atomic mass is 32.1. The van der Waals surface area contributed by atoms with Crippen molar-refractivity contribution in [3.8, 4) is 0 Å². The van der Waals surface area contributed by atoms with Crippen molar-refractivity contribution in [1.82, 2.24) is 5.43 Å². The molecule has 0 saturated heterocycles. The third-order valence-electron chi connectivity index (χ3n) is 2.78. The Morgan fingerprint density at radius 3 is 2.79 bits per heavy atom. The molecule has 0 bridgehead atoms. The maximum Gasteiger partial charge on any atom is 0.271 e. The Kier molecular flexibility index (Phi) is 4.47. The summed E-state index contributed by atoms with van der Waals surface area (Å²) in [6.45, 7) is 4.03. The zero-order chi connectivity index (χ0) is 13.7. The molecule has 1 heterocycles. The van der Waals surface area contributed by atoms with E-state index in [0.29, 0.717) is 5.56 Å². The highest BCUT2D eigenvalue weighted by Crippen LogP contribution is 2.14. The number of hydrogen-bond donors (Lipinski definition) is 1. The Morgan fingerprint density at radius 1 is 1.32 bits per heavy atom. The van der Waals surface area contributed by atoms with Gasteiger partial charge in [0.15, 0.2) is 0 Å². The van der Waals surface area contributed by atoms with E-state index in [9.17, 15) is 4.79 Å². The van der Waals surface area contributed by atoms with Gasteiger partial charge in [0.1, 0.15) is 0 Å². The minimum atomic E-state index is -0.179. The van der Waals surface area contributed by atoms with Gasteiger partial charge in [-0.25, -0.2) is 5.43 Å². The number of rotatable bonds is 4. The Labute approximate surface area is 117 Å². The maximum atomic E-state index is 11.9. The lowest BCUT2D eigenvalue weighted by atomic mass is 10.1. The van der Waals surface area contributed by atoms with E-state index in [1.165, 1.54) is 4.88 Å². The van der Waals surface area contributed by atoms with Gasteiger partial charge in [0.05, 0.1) is 6.21 Å². The van der Waals surface area contributed by atoms with E-state index in [-0.39, 0.29) is 5.91 Å². The minimum Gasteiger partial charge on any atom is -0.267 e. The van der Waals surface area contributed by atoms with Gasteiger partial charge in [-0.05, 0) is 37.1 Å². The van der Waals surface area contributed by atoms with Gasteiger partial charge in [0.2, 0.25) is 0 Å². The van der Waals surface area contributed by atoms with Gasteiger partial charge in [-0.1, -0.05) is 25.1 Å². The third-order valence-corrected chi connectivity index (χ3v) is 3.94. The summed E-state index contributed by atoms with van der Waals surface area (Å²) in [5.74, 6) is -0.179. The number of benzene rings is 1. The first-order valence-electron chi connectivity index (χ1n) is 6.18. The lowest BCUT2D eigenvalue weighted by Gasteiger charge is -2.02. The summed E-state index contributed by atoms with van der Waals surface area (Å²) in [6, 6.07) is 11.5. The summed E-state index contributed by atoms with van der Waals surface area (Å²) < 4.78 is 0. The molecule has 1 amide bonds. The number of carbonyl (C=O) groups is 1. The van der Waals surface area contributed by atoms with Crippen LogP contribution in [0.25, 0.3) is 0 Å². The highest BCUT2D eigenvalue weighted by molar-refractivity contribution is 7.13. The van der Waals surface area contributed by atoms with Crippen LogP contribution in [0.5, 0.6) is 0 Å². The number of nitrogens with one attached hydrogen (secondary N) is 1. The highest BCUT2D eigenvalue weighted by Gasteiger charge is 2.06. The average molecular weight is 272 g/mol. The SMILES string of the molecule is CCc1ccc(C=NNC(=O)c2ccccc2C)s1. The fourth-order valence-electron chi connectivity index (χ4n) is 1.70. The van der Waals surface area contributed by atoms with E-state index in [1.807, 2.05) is 31.2 Å². The summed E-state index contributed by atoms with van der Waals surface area (Å²) in [4.78, 5) is 14.3. The van der Waals surface area contributed by atoms with Crippen LogP contribution in [0, 0.1) is 6.92 Å². The predicted molar refractivity (Wildman–Crippen MR) is 79.9 cm³/mol. The van der Waals surface area contributed by atoms with Crippen molar-refractivity contribution < 1.29 is 4.79 Å². The number of carbonyl (C=O) groups excluding carboxylic acids is 1. The molecule has 4 heteroatoms. The Balaban J connectivity index is 1.99. The van der Waals surface area contributed by atoms with E-state index in [2.05, 4.69) is 23.5 Å². The molecule has 2 rings (SSSR count).